The number of ether oxygens (including phenoxy) is 2. The Morgan fingerprint density at radius 1 is 1.40 bits per heavy atom. The molecule has 9 nitrogen and oxygen atoms in total. The van der Waals surface area contributed by atoms with E-state index in [0.29, 0.717) is 37.6 Å². The van der Waals surface area contributed by atoms with Crippen molar-refractivity contribution in [2.75, 3.05) is 20.2 Å². The van der Waals surface area contributed by atoms with Crippen LogP contribution < -0.4 is 5.32 Å². The fourth-order valence-corrected chi connectivity index (χ4v) is 2.58. The lowest BCUT2D eigenvalue weighted by Gasteiger charge is -2.27. The predicted molar refractivity (Wildman–Crippen MR) is 87.9 cm³/mol. The summed E-state index contributed by atoms with van der Waals surface area (Å²) in [6, 6.07) is -0.222. The molecule has 1 aromatic rings. The van der Waals surface area contributed by atoms with E-state index in [2.05, 4.69) is 20.2 Å². The monoisotopic (exact) mass is 354 g/mol. The Bertz CT molecular complexity index is 596. The fourth-order valence-electron chi connectivity index (χ4n) is 2.58. The molecule has 1 unspecified atom stereocenters. The van der Waals surface area contributed by atoms with Crippen LogP contribution in [0.2, 0.25) is 0 Å². The van der Waals surface area contributed by atoms with Gasteiger partial charge in [-0.1, -0.05) is 5.16 Å². The molecule has 0 saturated carbocycles. The van der Waals surface area contributed by atoms with Gasteiger partial charge < -0.3 is 19.3 Å². The van der Waals surface area contributed by atoms with E-state index >= 15 is 0 Å². The predicted octanol–water partition coefficient (Wildman–Crippen LogP) is 2.43. The molecule has 0 aromatic carbocycles. The van der Waals surface area contributed by atoms with Crippen LogP contribution in [0.25, 0.3) is 0 Å². The number of carbonyl (C=O) groups excluding carboxylic acids is 2. The van der Waals surface area contributed by atoms with Gasteiger partial charge in [0.15, 0.2) is 5.82 Å². The number of nitrogens with zero attached hydrogens (tertiary/aromatic N) is 3. The van der Waals surface area contributed by atoms with Gasteiger partial charge in [-0.3, -0.25) is 4.90 Å². The van der Waals surface area contributed by atoms with E-state index in [1.165, 1.54) is 7.11 Å². The van der Waals surface area contributed by atoms with Crippen molar-refractivity contribution < 1.29 is 23.6 Å². The molecule has 1 fully saturated rings. The van der Waals surface area contributed by atoms with Crippen LogP contribution in [-0.4, -0.2) is 53.0 Å². The van der Waals surface area contributed by atoms with Crippen LogP contribution in [0.5, 0.6) is 0 Å². The Hall–Kier alpha value is -2.32. The fraction of sp³-hybridized carbons (Fsp3) is 0.750. The summed E-state index contributed by atoms with van der Waals surface area (Å²) in [6.07, 6.45) is 2.01. The average Bonchev–Trinajstić information content (AvgIpc) is 3.18. The van der Waals surface area contributed by atoms with Crippen molar-refractivity contribution in [2.45, 2.75) is 58.1 Å². The number of nitrogens with one attached hydrogen (secondary N) is 1. The number of methoxy groups -OCH3 is 1. The Morgan fingerprint density at radius 3 is 2.84 bits per heavy atom. The Labute approximate surface area is 147 Å². The maximum absolute atomic E-state index is 12.3. The van der Waals surface area contributed by atoms with E-state index in [-0.39, 0.29) is 12.1 Å². The summed E-state index contributed by atoms with van der Waals surface area (Å²) in [5.41, 5.74) is -0.542. The van der Waals surface area contributed by atoms with E-state index in [9.17, 15) is 9.59 Å². The smallest absolute Gasteiger partial charge is 0.410 e. The van der Waals surface area contributed by atoms with E-state index in [1.807, 2.05) is 20.8 Å². The summed E-state index contributed by atoms with van der Waals surface area (Å²) < 4.78 is 15.2. The van der Waals surface area contributed by atoms with Gasteiger partial charge in [0.25, 0.3) is 0 Å². The van der Waals surface area contributed by atoms with Crippen LogP contribution in [0.1, 0.15) is 57.8 Å². The van der Waals surface area contributed by atoms with Crippen molar-refractivity contribution in [2.24, 2.45) is 0 Å². The first-order chi connectivity index (χ1) is 11.8. The second-order valence-corrected chi connectivity index (χ2v) is 6.90. The van der Waals surface area contributed by atoms with Crippen molar-refractivity contribution >= 4 is 12.2 Å². The molecule has 0 radical (unpaired) electrons. The molecule has 1 aliphatic heterocycles. The van der Waals surface area contributed by atoms with Gasteiger partial charge in [0.2, 0.25) is 5.89 Å². The molecule has 1 saturated heterocycles. The lowest BCUT2D eigenvalue weighted by molar-refractivity contribution is 0.0217. The molecule has 1 N–H and O–H groups in total. The largest absolute Gasteiger partial charge is 0.453 e. The van der Waals surface area contributed by atoms with Crippen LogP contribution >= 0.6 is 0 Å². The number of likely N-dealkylation sites (tertiary alicyclic amines) is 1. The quantitative estimate of drug-likeness (QED) is 0.809. The molecule has 0 bridgehead atoms. The SMILES string of the molecule is COC(=O)NCCCc1nc(C2CCCN2C(=O)OC(C)(C)C)no1. The molecule has 9 heteroatoms. The van der Waals surface area contributed by atoms with Gasteiger partial charge in [0.1, 0.15) is 5.60 Å². The lowest BCUT2D eigenvalue weighted by atomic mass is 10.2. The third-order valence-corrected chi connectivity index (χ3v) is 3.68. The van der Waals surface area contributed by atoms with Crippen molar-refractivity contribution in [3.63, 3.8) is 0 Å². The molecule has 1 atom stereocenters. The average molecular weight is 354 g/mol. The van der Waals surface area contributed by atoms with Crippen molar-refractivity contribution in [1.82, 2.24) is 20.4 Å². The topological polar surface area (TPSA) is 107 Å². The molecule has 1 aliphatic rings. The van der Waals surface area contributed by atoms with Gasteiger partial charge in [0, 0.05) is 19.5 Å². The number of amides is 2. The first kappa shape index (κ1) is 19.0. The van der Waals surface area contributed by atoms with Gasteiger partial charge in [-0.05, 0) is 40.0 Å². The number of hydrogen-bond acceptors (Lipinski definition) is 7. The molecule has 0 spiro atoms. The molecular formula is C16H26N4O5. The molecule has 140 valence electrons. The van der Waals surface area contributed by atoms with E-state index < -0.39 is 11.7 Å². The maximum Gasteiger partial charge on any atom is 0.410 e. The zero-order valence-electron chi connectivity index (χ0n) is 15.2. The number of rotatable bonds is 5. The lowest BCUT2D eigenvalue weighted by Crippen LogP contribution is -2.36. The third-order valence-electron chi connectivity index (χ3n) is 3.68. The number of carbonyl (C=O) groups is 2. The van der Waals surface area contributed by atoms with Crippen LogP contribution in [0.3, 0.4) is 0 Å². The van der Waals surface area contributed by atoms with Crippen LogP contribution in [0.15, 0.2) is 4.52 Å². The highest BCUT2D eigenvalue weighted by Crippen LogP contribution is 2.31. The summed E-state index contributed by atoms with van der Waals surface area (Å²) in [4.78, 5) is 29.3. The molecule has 25 heavy (non-hydrogen) atoms. The summed E-state index contributed by atoms with van der Waals surface area (Å²) >= 11 is 0. The molecular weight excluding hydrogens is 328 g/mol. The standard InChI is InChI=1S/C16H26N4O5/c1-16(2,3)24-15(22)20-10-6-7-11(20)13-18-12(25-19-13)8-5-9-17-14(21)23-4/h11H,5-10H2,1-4H3,(H,17,21). The Balaban J connectivity index is 1.89. The number of alkyl carbamates (subject to hydrolysis) is 1. The van der Waals surface area contributed by atoms with Crippen LogP contribution in [0, 0.1) is 0 Å². The van der Waals surface area contributed by atoms with Crippen LogP contribution in [0.4, 0.5) is 9.59 Å². The van der Waals surface area contributed by atoms with E-state index in [4.69, 9.17) is 9.26 Å². The number of hydrogen-bond donors (Lipinski definition) is 1. The van der Waals surface area contributed by atoms with E-state index in [0.717, 1.165) is 12.8 Å². The minimum atomic E-state index is -0.542. The second-order valence-electron chi connectivity index (χ2n) is 6.90. The van der Waals surface area contributed by atoms with Gasteiger partial charge in [-0.2, -0.15) is 4.98 Å². The summed E-state index contributed by atoms with van der Waals surface area (Å²) in [5, 5.41) is 6.60. The van der Waals surface area contributed by atoms with Crippen molar-refractivity contribution in [3.05, 3.63) is 11.7 Å². The normalized spacial score (nSPS) is 17.4. The van der Waals surface area contributed by atoms with Gasteiger partial charge in [-0.15, -0.1) is 0 Å². The van der Waals surface area contributed by atoms with Crippen molar-refractivity contribution in [1.29, 1.82) is 0 Å². The van der Waals surface area contributed by atoms with Gasteiger partial charge in [0.05, 0.1) is 13.2 Å². The minimum absolute atomic E-state index is 0.222. The zero-order valence-corrected chi connectivity index (χ0v) is 15.2. The summed E-state index contributed by atoms with van der Waals surface area (Å²) in [5.74, 6) is 0.983. The Morgan fingerprint density at radius 2 is 2.16 bits per heavy atom. The van der Waals surface area contributed by atoms with Crippen molar-refractivity contribution in [3.8, 4) is 0 Å². The van der Waals surface area contributed by atoms with Gasteiger partial charge in [-0.25, -0.2) is 9.59 Å². The van der Waals surface area contributed by atoms with E-state index in [1.54, 1.807) is 4.90 Å². The third kappa shape index (κ3) is 5.61. The molecule has 2 heterocycles. The first-order valence-corrected chi connectivity index (χ1v) is 8.44. The first-order valence-electron chi connectivity index (χ1n) is 8.44. The molecule has 2 rings (SSSR count). The highest BCUT2D eigenvalue weighted by atomic mass is 16.6. The number of aromatic nitrogens is 2. The van der Waals surface area contributed by atoms with Crippen LogP contribution in [-0.2, 0) is 15.9 Å². The molecule has 0 aliphatic carbocycles. The summed E-state index contributed by atoms with van der Waals surface area (Å²) in [7, 11) is 1.32. The number of aryl methyl sites for hydroxylation is 1. The second kappa shape index (κ2) is 8.17. The maximum atomic E-state index is 12.3. The highest BCUT2D eigenvalue weighted by molar-refractivity contribution is 5.69. The molecule has 1 aromatic heterocycles. The molecule has 2 amide bonds. The zero-order chi connectivity index (χ0) is 18.4. The Kier molecular flexibility index (Phi) is 6.22. The minimum Gasteiger partial charge on any atom is -0.453 e. The summed E-state index contributed by atoms with van der Waals surface area (Å²) in [6.45, 7) is 6.59. The van der Waals surface area contributed by atoms with Gasteiger partial charge >= 0.3 is 12.2 Å². The highest BCUT2D eigenvalue weighted by Gasteiger charge is 2.35.